The summed E-state index contributed by atoms with van der Waals surface area (Å²) in [5, 5.41) is 3.06. The Morgan fingerprint density at radius 3 is 2.37 bits per heavy atom. The second kappa shape index (κ2) is 7.82. The average Bonchev–Trinajstić information content (AvgIpc) is 2.99. The van der Waals surface area contributed by atoms with Crippen LogP contribution in [0.15, 0.2) is 48.5 Å². The molecule has 1 N–H and O–H groups in total. The Morgan fingerprint density at radius 2 is 1.74 bits per heavy atom. The van der Waals surface area contributed by atoms with Gasteiger partial charge in [-0.2, -0.15) is 0 Å². The number of carbonyl (C=O) groups excluding carboxylic acids is 2. The van der Waals surface area contributed by atoms with E-state index < -0.39 is 0 Å². The van der Waals surface area contributed by atoms with Crippen molar-refractivity contribution in [1.29, 1.82) is 0 Å². The SMILES string of the molecule is CC(C)C(=O)O[C@H]1Cc2ccccc2[C@H]1NC(=O)c1ccc(N(C)C)cc1. The van der Waals surface area contributed by atoms with Gasteiger partial charge >= 0.3 is 5.97 Å². The Hall–Kier alpha value is -2.82. The highest BCUT2D eigenvalue weighted by Gasteiger charge is 2.36. The number of rotatable bonds is 5. The van der Waals surface area contributed by atoms with Crippen LogP contribution in [-0.2, 0) is 16.0 Å². The molecule has 0 unspecified atom stereocenters. The van der Waals surface area contributed by atoms with Crippen LogP contribution in [0.5, 0.6) is 0 Å². The molecule has 0 aliphatic heterocycles. The van der Waals surface area contributed by atoms with E-state index in [-0.39, 0.29) is 29.9 Å². The fourth-order valence-electron chi connectivity index (χ4n) is 3.26. The standard InChI is InChI=1S/C22H26N2O3/c1-14(2)22(26)27-19-13-16-7-5-6-8-18(16)20(19)23-21(25)15-9-11-17(12-10-15)24(3)4/h5-12,14,19-20H,13H2,1-4H3,(H,23,25)/t19-,20+/m0/s1. The Labute approximate surface area is 160 Å². The van der Waals surface area contributed by atoms with E-state index in [1.54, 1.807) is 12.1 Å². The van der Waals surface area contributed by atoms with E-state index in [0.717, 1.165) is 16.8 Å². The van der Waals surface area contributed by atoms with Crippen molar-refractivity contribution in [2.45, 2.75) is 32.4 Å². The molecule has 0 saturated heterocycles. The van der Waals surface area contributed by atoms with Gasteiger partial charge in [0, 0.05) is 31.8 Å². The van der Waals surface area contributed by atoms with Gasteiger partial charge in [-0.25, -0.2) is 0 Å². The fourth-order valence-corrected chi connectivity index (χ4v) is 3.26. The van der Waals surface area contributed by atoms with E-state index in [1.165, 1.54) is 0 Å². The molecule has 2 aromatic carbocycles. The zero-order chi connectivity index (χ0) is 19.6. The molecule has 142 valence electrons. The van der Waals surface area contributed by atoms with Crippen molar-refractivity contribution in [1.82, 2.24) is 5.32 Å². The van der Waals surface area contributed by atoms with Crippen molar-refractivity contribution in [2.75, 3.05) is 19.0 Å². The molecule has 3 rings (SSSR count). The van der Waals surface area contributed by atoms with Crippen molar-refractivity contribution in [3.05, 3.63) is 65.2 Å². The summed E-state index contributed by atoms with van der Waals surface area (Å²) in [5.41, 5.74) is 3.73. The third-order valence-corrected chi connectivity index (χ3v) is 4.85. The molecular weight excluding hydrogens is 340 g/mol. The molecule has 1 aliphatic rings. The van der Waals surface area contributed by atoms with Crippen LogP contribution in [-0.4, -0.2) is 32.1 Å². The highest BCUT2D eigenvalue weighted by Crippen LogP contribution is 2.34. The first-order valence-corrected chi connectivity index (χ1v) is 9.23. The maximum absolute atomic E-state index is 12.8. The minimum Gasteiger partial charge on any atom is -0.459 e. The lowest BCUT2D eigenvalue weighted by atomic mass is 10.1. The zero-order valence-corrected chi connectivity index (χ0v) is 16.2. The summed E-state index contributed by atoms with van der Waals surface area (Å²) >= 11 is 0. The first kappa shape index (κ1) is 19.0. The van der Waals surface area contributed by atoms with E-state index in [9.17, 15) is 9.59 Å². The lowest BCUT2D eigenvalue weighted by Gasteiger charge is -2.23. The fraction of sp³-hybridized carbons (Fsp3) is 0.364. The van der Waals surface area contributed by atoms with Crippen molar-refractivity contribution in [3.63, 3.8) is 0 Å². The second-order valence-electron chi connectivity index (χ2n) is 7.43. The van der Waals surface area contributed by atoms with Gasteiger partial charge in [-0.3, -0.25) is 9.59 Å². The number of nitrogens with one attached hydrogen (secondary N) is 1. The predicted octanol–water partition coefficient (Wildman–Crippen LogP) is 3.35. The summed E-state index contributed by atoms with van der Waals surface area (Å²) in [5.74, 6) is -0.626. The van der Waals surface area contributed by atoms with Gasteiger partial charge in [-0.05, 0) is 35.4 Å². The van der Waals surface area contributed by atoms with E-state index >= 15 is 0 Å². The molecule has 0 radical (unpaired) electrons. The van der Waals surface area contributed by atoms with E-state index in [1.807, 2.05) is 69.2 Å². The number of nitrogens with zero attached hydrogens (tertiary/aromatic N) is 1. The van der Waals surface area contributed by atoms with Crippen molar-refractivity contribution >= 4 is 17.6 Å². The summed E-state index contributed by atoms with van der Waals surface area (Å²) in [6.45, 7) is 3.62. The molecule has 2 atom stereocenters. The van der Waals surface area contributed by atoms with Gasteiger partial charge in [0.1, 0.15) is 6.10 Å². The summed E-state index contributed by atoms with van der Waals surface area (Å²) in [7, 11) is 3.91. The van der Waals surface area contributed by atoms with Crippen molar-refractivity contribution < 1.29 is 14.3 Å². The summed E-state index contributed by atoms with van der Waals surface area (Å²) in [6.07, 6.45) is 0.224. The van der Waals surface area contributed by atoms with Gasteiger partial charge in [0.15, 0.2) is 0 Å². The van der Waals surface area contributed by atoms with Gasteiger partial charge in [0.25, 0.3) is 5.91 Å². The molecule has 27 heavy (non-hydrogen) atoms. The van der Waals surface area contributed by atoms with Crippen LogP contribution < -0.4 is 10.2 Å². The second-order valence-corrected chi connectivity index (χ2v) is 7.43. The van der Waals surface area contributed by atoms with Crippen LogP contribution in [0.25, 0.3) is 0 Å². The molecule has 2 aromatic rings. The van der Waals surface area contributed by atoms with E-state index in [2.05, 4.69) is 5.32 Å². The van der Waals surface area contributed by atoms with Crippen LogP contribution in [0.4, 0.5) is 5.69 Å². The average molecular weight is 366 g/mol. The predicted molar refractivity (Wildman–Crippen MR) is 106 cm³/mol. The molecule has 0 fully saturated rings. The highest BCUT2D eigenvalue weighted by molar-refractivity contribution is 5.95. The van der Waals surface area contributed by atoms with Crippen LogP contribution in [0, 0.1) is 5.92 Å². The van der Waals surface area contributed by atoms with Gasteiger partial charge < -0.3 is 15.0 Å². The van der Waals surface area contributed by atoms with Crippen LogP contribution in [0.1, 0.15) is 41.4 Å². The molecule has 5 nitrogen and oxygen atoms in total. The Bertz CT molecular complexity index is 828. The lowest BCUT2D eigenvalue weighted by Crippen LogP contribution is -2.37. The van der Waals surface area contributed by atoms with Crippen molar-refractivity contribution in [2.24, 2.45) is 5.92 Å². The molecule has 0 bridgehead atoms. The van der Waals surface area contributed by atoms with Crippen molar-refractivity contribution in [3.8, 4) is 0 Å². The van der Waals surface area contributed by atoms with Gasteiger partial charge in [0.2, 0.25) is 0 Å². The summed E-state index contributed by atoms with van der Waals surface area (Å²) < 4.78 is 5.69. The highest BCUT2D eigenvalue weighted by atomic mass is 16.5. The third-order valence-electron chi connectivity index (χ3n) is 4.85. The smallest absolute Gasteiger partial charge is 0.308 e. The number of anilines is 1. The molecule has 0 spiro atoms. The van der Waals surface area contributed by atoms with Gasteiger partial charge in [0.05, 0.1) is 12.0 Å². The maximum Gasteiger partial charge on any atom is 0.308 e. The summed E-state index contributed by atoms with van der Waals surface area (Å²) in [6, 6.07) is 15.0. The van der Waals surface area contributed by atoms with Gasteiger partial charge in [-0.15, -0.1) is 0 Å². The minimum absolute atomic E-state index is 0.174. The number of esters is 1. The normalized spacial score (nSPS) is 18.1. The minimum atomic E-state index is -0.387. The van der Waals surface area contributed by atoms with Crippen LogP contribution in [0.3, 0.4) is 0 Å². The number of amides is 1. The molecule has 0 aromatic heterocycles. The Balaban J connectivity index is 1.80. The largest absolute Gasteiger partial charge is 0.459 e. The van der Waals surface area contributed by atoms with Crippen LogP contribution in [0.2, 0.25) is 0 Å². The molecule has 0 saturated carbocycles. The van der Waals surface area contributed by atoms with E-state index in [0.29, 0.717) is 12.0 Å². The Kier molecular flexibility index (Phi) is 5.49. The van der Waals surface area contributed by atoms with Gasteiger partial charge in [-0.1, -0.05) is 38.1 Å². The quantitative estimate of drug-likeness (QED) is 0.825. The summed E-state index contributed by atoms with van der Waals surface area (Å²) in [4.78, 5) is 26.9. The number of ether oxygens (including phenoxy) is 1. The molecule has 1 aliphatic carbocycles. The maximum atomic E-state index is 12.8. The number of benzene rings is 2. The molecule has 1 amide bonds. The van der Waals surface area contributed by atoms with Crippen LogP contribution >= 0.6 is 0 Å². The molecular formula is C22H26N2O3. The monoisotopic (exact) mass is 366 g/mol. The lowest BCUT2D eigenvalue weighted by molar-refractivity contribution is -0.153. The third kappa shape index (κ3) is 4.13. The number of carbonyl (C=O) groups is 2. The Morgan fingerprint density at radius 1 is 1.07 bits per heavy atom. The first-order chi connectivity index (χ1) is 12.9. The number of fused-ring (bicyclic) bond motifs is 1. The first-order valence-electron chi connectivity index (χ1n) is 9.23. The number of hydrogen-bond acceptors (Lipinski definition) is 4. The molecule has 5 heteroatoms. The topological polar surface area (TPSA) is 58.6 Å². The number of hydrogen-bond donors (Lipinski definition) is 1. The van der Waals surface area contributed by atoms with E-state index in [4.69, 9.17) is 4.74 Å². The zero-order valence-electron chi connectivity index (χ0n) is 16.2. The molecule has 0 heterocycles.